The smallest absolute Gasteiger partial charge is 0.277 e. The molecule has 0 bridgehead atoms. The van der Waals surface area contributed by atoms with E-state index >= 15 is 0 Å². The van der Waals surface area contributed by atoms with Crippen LogP contribution < -0.4 is 15.5 Å². The second kappa shape index (κ2) is 8.54. The van der Waals surface area contributed by atoms with Crippen molar-refractivity contribution in [3.05, 3.63) is 75.7 Å². The monoisotopic (exact) mass is 445 g/mol. The van der Waals surface area contributed by atoms with Gasteiger partial charge in [-0.1, -0.05) is 12.1 Å². The molecule has 8 nitrogen and oxygen atoms in total. The van der Waals surface area contributed by atoms with Crippen LogP contribution in [0.2, 0.25) is 0 Å². The van der Waals surface area contributed by atoms with E-state index in [4.69, 9.17) is 9.47 Å². The zero-order chi connectivity index (χ0) is 23.0. The van der Waals surface area contributed by atoms with Crippen molar-refractivity contribution in [2.75, 3.05) is 13.7 Å². The lowest BCUT2D eigenvalue weighted by molar-refractivity contribution is -0.106. The summed E-state index contributed by atoms with van der Waals surface area (Å²) < 4.78 is 39.3. The van der Waals surface area contributed by atoms with Crippen LogP contribution >= 0.6 is 0 Å². The van der Waals surface area contributed by atoms with Crippen molar-refractivity contribution >= 4 is 11.8 Å². The van der Waals surface area contributed by atoms with Crippen molar-refractivity contribution in [3.8, 4) is 5.75 Å². The third-order valence-electron chi connectivity index (χ3n) is 5.59. The van der Waals surface area contributed by atoms with Gasteiger partial charge in [0.05, 0.1) is 26.3 Å². The van der Waals surface area contributed by atoms with Crippen molar-refractivity contribution in [2.45, 2.75) is 31.8 Å². The SMILES string of the molecule is C=C[C@@H]1CCO[C@H]2Cn3cc(C(=O)NCc4ccc(F)cc4F)c(=O)c(OC)c3C(=O)N12. The highest BCUT2D eigenvalue weighted by Crippen LogP contribution is 2.30. The molecule has 2 aromatic rings. The molecule has 2 aliphatic heterocycles. The number of carbonyl (C=O) groups is 2. The summed E-state index contributed by atoms with van der Waals surface area (Å²) >= 11 is 0. The fraction of sp³-hybridized carbons (Fsp3) is 0.318. The number of halogens is 2. The van der Waals surface area contributed by atoms with Crippen LogP contribution in [0, 0.1) is 11.6 Å². The van der Waals surface area contributed by atoms with E-state index in [1.54, 1.807) is 6.08 Å². The number of pyridine rings is 1. The summed E-state index contributed by atoms with van der Waals surface area (Å²) in [5.41, 5.74) is -0.963. The van der Waals surface area contributed by atoms with Crippen LogP contribution in [-0.2, 0) is 17.8 Å². The zero-order valence-electron chi connectivity index (χ0n) is 17.3. The number of methoxy groups -OCH3 is 1. The minimum atomic E-state index is -0.818. The lowest BCUT2D eigenvalue weighted by atomic mass is 10.1. The number of aromatic nitrogens is 1. The second-order valence-electron chi connectivity index (χ2n) is 7.45. The van der Waals surface area contributed by atoms with Gasteiger partial charge in [-0.3, -0.25) is 14.4 Å². The number of benzene rings is 1. The van der Waals surface area contributed by atoms with Crippen LogP contribution in [0.5, 0.6) is 5.75 Å². The van der Waals surface area contributed by atoms with E-state index in [1.807, 2.05) is 0 Å². The molecular weight excluding hydrogens is 424 g/mol. The summed E-state index contributed by atoms with van der Waals surface area (Å²) in [4.78, 5) is 40.4. The van der Waals surface area contributed by atoms with Gasteiger partial charge in [0.25, 0.3) is 11.8 Å². The molecule has 1 saturated heterocycles. The quantitative estimate of drug-likeness (QED) is 0.710. The topological polar surface area (TPSA) is 89.9 Å². The molecule has 32 heavy (non-hydrogen) atoms. The van der Waals surface area contributed by atoms with E-state index in [1.165, 1.54) is 28.8 Å². The Hall–Kier alpha value is -3.53. The number of carbonyl (C=O) groups excluding carboxylic acids is 2. The number of amides is 2. The second-order valence-corrected chi connectivity index (χ2v) is 7.45. The first kappa shape index (κ1) is 21.7. The third-order valence-corrected chi connectivity index (χ3v) is 5.59. The Labute approximate surface area is 182 Å². The molecule has 0 saturated carbocycles. The highest BCUT2D eigenvalue weighted by Gasteiger charge is 2.41. The Balaban J connectivity index is 1.67. The summed E-state index contributed by atoms with van der Waals surface area (Å²) in [7, 11) is 1.24. The Morgan fingerprint density at radius 3 is 2.84 bits per heavy atom. The number of hydrogen-bond acceptors (Lipinski definition) is 5. The van der Waals surface area contributed by atoms with E-state index in [9.17, 15) is 23.2 Å². The van der Waals surface area contributed by atoms with Gasteiger partial charge in [0.2, 0.25) is 5.43 Å². The van der Waals surface area contributed by atoms with Gasteiger partial charge >= 0.3 is 0 Å². The maximum Gasteiger partial charge on any atom is 0.277 e. The normalized spacial score (nSPS) is 19.7. The van der Waals surface area contributed by atoms with Gasteiger partial charge in [0, 0.05) is 24.4 Å². The first-order valence-electron chi connectivity index (χ1n) is 9.96. The molecule has 2 aliphatic rings. The standard InChI is InChI=1S/C22H21F2N3O5/c1-3-14-6-7-32-17-11-26-10-15(19(28)20(31-2)18(26)22(30)27(14)17)21(29)25-9-12-4-5-13(23)8-16(12)24/h3-5,8,10,14,17H,1,6-7,9,11H2,2H3,(H,25,29)/t14-,17+/m1/s1. The van der Waals surface area contributed by atoms with Gasteiger partial charge in [-0.05, 0) is 12.5 Å². The van der Waals surface area contributed by atoms with Crippen molar-refractivity contribution in [3.63, 3.8) is 0 Å². The van der Waals surface area contributed by atoms with E-state index in [2.05, 4.69) is 11.9 Å². The van der Waals surface area contributed by atoms with Crippen molar-refractivity contribution in [1.29, 1.82) is 0 Å². The molecule has 2 atom stereocenters. The number of nitrogens with zero attached hydrogens (tertiary/aromatic N) is 2. The van der Waals surface area contributed by atoms with Crippen LogP contribution in [0.4, 0.5) is 8.78 Å². The largest absolute Gasteiger partial charge is 0.491 e. The minimum Gasteiger partial charge on any atom is -0.491 e. The van der Waals surface area contributed by atoms with Crippen molar-refractivity contribution in [2.24, 2.45) is 0 Å². The number of fused-ring (bicyclic) bond motifs is 2. The molecule has 4 rings (SSSR count). The highest BCUT2D eigenvalue weighted by molar-refractivity contribution is 5.99. The third kappa shape index (κ3) is 3.66. The van der Waals surface area contributed by atoms with Gasteiger partial charge < -0.3 is 24.3 Å². The van der Waals surface area contributed by atoms with Gasteiger partial charge in [0.1, 0.15) is 17.2 Å². The molecule has 168 valence electrons. The Morgan fingerprint density at radius 2 is 2.16 bits per heavy atom. The maximum absolute atomic E-state index is 13.8. The Kier molecular flexibility index (Phi) is 5.79. The lowest BCUT2D eigenvalue weighted by Crippen LogP contribution is -2.57. The molecule has 0 radical (unpaired) electrons. The van der Waals surface area contributed by atoms with Crippen LogP contribution in [0.1, 0.15) is 32.8 Å². The minimum absolute atomic E-state index is 0.0206. The zero-order valence-corrected chi connectivity index (χ0v) is 17.3. The summed E-state index contributed by atoms with van der Waals surface area (Å²) in [6.07, 6.45) is 2.93. The number of rotatable bonds is 5. The van der Waals surface area contributed by atoms with Crippen molar-refractivity contribution < 1.29 is 27.8 Å². The van der Waals surface area contributed by atoms with Gasteiger partial charge in [-0.15, -0.1) is 6.58 Å². The van der Waals surface area contributed by atoms with E-state index < -0.39 is 35.1 Å². The molecule has 1 aromatic heterocycles. The molecule has 1 fully saturated rings. The predicted molar refractivity (Wildman–Crippen MR) is 109 cm³/mol. The summed E-state index contributed by atoms with van der Waals surface area (Å²) in [6.45, 7) is 4.14. The van der Waals surface area contributed by atoms with Crippen LogP contribution in [0.25, 0.3) is 0 Å². The average Bonchev–Trinajstić information content (AvgIpc) is 2.78. The van der Waals surface area contributed by atoms with Crippen LogP contribution in [-0.4, -0.2) is 47.3 Å². The number of hydrogen-bond donors (Lipinski definition) is 1. The van der Waals surface area contributed by atoms with Gasteiger partial charge in [-0.2, -0.15) is 0 Å². The molecule has 2 amide bonds. The Morgan fingerprint density at radius 1 is 1.38 bits per heavy atom. The number of nitrogens with one attached hydrogen (secondary N) is 1. The average molecular weight is 445 g/mol. The fourth-order valence-electron chi connectivity index (χ4n) is 3.99. The Bertz CT molecular complexity index is 1160. The molecule has 10 heteroatoms. The maximum atomic E-state index is 13.8. The highest BCUT2D eigenvalue weighted by atomic mass is 19.1. The van der Waals surface area contributed by atoms with E-state index in [0.29, 0.717) is 19.1 Å². The van der Waals surface area contributed by atoms with Crippen molar-refractivity contribution in [1.82, 2.24) is 14.8 Å². The first-order valence-corrected chi connectivity index (χ1v) is 9.96. The number of ether oxygens (including phenoxy) is 2. The molecule has 0 spiro atoms. The summed E-state index contributed by atoms with van der Waals surface area (Å²) in [5.74, 6) is -3.06. The molecule has 3 heterocycles. The molecule has 1 N–H and O–H groups in total. The van der Waals surface area contributed by atoms with Crippen LogP contribution in [0.15, 0.2) is 41.8 Å². The van der Waals surface area contributed by atoms with Crippen LogP contribution in [0.3, 0.4) is 0 Å². The van der Waals surface area contributed by atoms with Gasteiger partial charge in [-0.25, -0.2) is 8.78 Å². The summed E-state index contributed by atoms with van der Waals surface area (Å²) in [5, 5.41) is 2.45. The first-order chi connectivity index (χ1) is 15.3. The summed E-state index contributed by atoms with van der Waals surface area (Å²) in [6, 6.07) is 2.73. The molecular formula is C22H21F2N3O5. The molecule has 0 aliphatic carbocycles. The predicted octanol–water partition coefficient (Wildman–Crippen LogP) is 1.82. The van der Waals surface area contributed by atoms with E-state index in [0.717, 1.165) is 6.07 Å². The fourth-order valence-corrected chi connectivity index (χ4v) is 3.99. The lowest BCUT2D eigenvalue weighted by Gasteiger charge is -2.44. The van der Waals surface area contributed by atoms with Gasteiger partial charge in [0.15, 0.2) is 17.7 Å². The molecule has 1 aromatic carbocycles. The molecule has 0 unspecified atom stereocenters. The van der Waals surface area contributed by atoms with E-state index in [-0.39, 0.29) is 41.7 Å².